The molecule has 0 bridgehead atoms. The van der Waals surface area contributed by atoms with Crippen LogP contribution in [0, 0.1) is 23.7 Å². The van der Waals surface area contributed by atoms with E-state index in [0.29, 0.717) is 28.6 Å². The molecule has 4 atom stereocenters. The van der Waals surface area contributed by atoms with Crippen molar-refractivity contribution in [2.75, 3.05) is 30.4 Å². The Morgan fingerprint density at radius 1 is 1.04 bits per heavy atom. The number of benzene rings is 2. The second-order valence-corrected chi connectivity index (χ2v) is 19.5. The molecule has 0 spiro atoms. The van der Waals surface area contributed by atoms with Gasteiger partial charge in [0.1, 0.15) is 35.9 Å². The Morgan fingerprint density at radius 2 is 1.81 bits per heavy atom. The van der Waals surface area contributed by atoms with Crippen LogP contribution in [0.2, 0.25) is 0 Å². The van der Waals surface area contributed by atoms with Gasteiger partial charge in [-0.2, -0.15) is 10.2 Å². The maximum atomic E-state index is 14.1. The summed E-state index contributed by atoms with van der Waals surface area (Å²) in [6.45, 7) is 9.67. The summed E-state index contributed by atoms with van der Waals surface area (Å²) < 4.78 is 7.61. The zero-order valence-electron chi connectivity index (χ0n) is 39.2. The molecule has 8 rings (SSSR count). The number of aromatic nitrogens is 5. The molecule has 18 nitrogen and oxygen atoms in total. The lowest BCUT2D eigenvalue weighted by atomic mass is 9.85. The fourth-order valence-corrected chi connectivity index (χ4v) is 10.3. The van der Waals surface area contributed by atoms with Gasteiger partial charge >= 0.3 is 0 Å². The molecule has 68 heavy (non-hydrogen) atoms. The number of nitrogens with zero attached hydrogens (tertiary/aromatic N) is 8. The predicted octanol–water partition coefficient (Wildman–Crippen LogP) is 5.86. The van der Waals surface area contributed by atoms with Crippen molar-refractivity contribution in [1.82, 2.24) is 45.4 Å². The third-order valence-corrected chi connectivity index (χ3v) is 14.0. The molecule has 4 amide bonds. The van der Waals surface area contributed by atoms with Gasteiger partial charge in [-0.3, -0.25) is 23.7 Å². The quantitative estimate of drug-likeness (QED) is 0.0829. The van der Waals surface area contributed by atoms with Crippen molar-refractivity contribution in [3.63, 3.8) is 0 Å². The number of thiazole rings is 1. The number of β-amino-alcohol motifs (C(OH)–C–C–N with tert-alkyl or cyclic N) is 1. The van der Waals surface area contributed by atoms with Gasteiger partial charge in [-0.15, -0.1) is 11.3 Å². The highest BCUT2D eigenvalue weighted by Crippen LogP contribution is 2.45. The highest BCUT2D eigenvalue weighted by Gasteiger charge is 2.45. The lowest BCUT2D eigenvalue weighted by Crippen LogP contribution is -2.57. The monoisotopic (exact) mass is 942 g/mol. The number of carbonyl (C=O) groups is 4. The number of rotatable bonds is 15. The first-order chi connectivity index (χ1) is 32.7. The van der Waals surface area contributed by atoms with E-state index in [1.54, 1.807) is 47.6 Å². The molecule has 1 saturated carbocycles. The number of hydrogen-bond donors (Lipinski definition) is 5. The van der Waals surface area contributed by atoms with Gasteiger partial charge in [-0.1, -0.05) is 64.8 Å². The summed E-state index contributed by atoms with van der Waals surface area (Å²) in [5.41, 5.74) is 6.75. The van der Waals surface area contributed by atoms with Crippen LogP contribution in [-0.4, -0.2) is 103 Å². The van der Waals surface area contributed by atoms with Crippen molar-refractivity contribution in [3.05, 3.63) is 88.7 Å². The molecule has 5 N–H and O–H groups in total. The van der Waals surface area contributed by atoms with Crippen molar-refractivity contribution in [2.24, 2.45) is 5.41 Å². The van der Waals surface area contributed by atoms with Crippen LogP contribution in [0.1, 0.15) is 112 Å². The number of methoxy groups -OCH3 is 1. The van der Waals surface area contributed by atoms with E-state index in [0.717, 1.165) is 71.0 Å². The van der Waals surface area contributed by atoms with E-state index in [1.807, 2.05) is 56.5 Å². The average molecular weight is 943 g/mol. The largest absolute Gasteiger partial charge is 0.495 e. The third kappa shape index (κ3) is 9.88. The van der Waals surface area contributed by atoms with Gasteiger partial charge in [0.2, 0.25) is 23.7 Å². The van der Waals surface area contributed by atoms with E-state index in [4.69, 9.17) is 9.72 Å². The molecule has 3 aliphatic rings. The van der Waals surface area contributed by atoms with Crippen molar-refractivity contribution in [3.8, 4) is 27.9 Å². The van der Waals surface area contributed by atoms with Crippen molar-refractivity contribution < 1.29 is 29.0 Å². The molecule has 2 aliphatic heterocycles. The molecule has 2 aromatic carbocycles. The number of ether oxygens (including phenoxy) is 1. The summed E-state index contributed by atoms with van der Waals surface area (Å²) in [6, 6.07) is 13.2. The van der Waals surface area contributed by atoms with E-state index in [9.17, 15) is 29.5 Å². The molecule has 5 heterocycles. The number of imidazole rings is 1. The molecule has 19 heteroatoms. The molecule has 5 aromatic rings. The molecule has 356 valence electrons. The van der Waals surface area contributed by atoms with Crippen molar-refractivity contribution >= 4 is 52.4 Å². The summed E-state index contributed by atoms with van der Waals surface area (Å²) in [6.07, 6.45) is 7.50. The van der Waals surface area contributed by atoms with Crippen molar-refractivity contribution in [1.29, 1.82) is 5.26 Å². The number of aliphatic hydroxyl groups excluding tert-OH is 1. The summed E-state index contributed by atoms with van der Waals surface area (Å²) in [5.74, 6) is -0.319. The summed E-state index contributed by atoms with van der Waals surface area (Å²) >= 11 is 1.56. The number of amides is 4. The Kier molecular flexibility index (Phi) is 14.1. The highest BCUT2D eigenvalue weighted by atomic mass is 32.1. The minimum Gasteiger partial charge on any atom is -0.495 e. The summed E-state index contributed by atoms with van der Waals surface area (Å²) in [7, 11) is 1.50. The predicted molar refractivity (Wildman–Crippen MR) is 257 cm³/mol. The molecular formula is C49H58N12O6S. The SMILES string of the molecule is CC[C@@H]1c2c(C#N)ncn2-c2cnc(Nc3ccc(C(=O)NCCC(=O)N[C@H](C(=O)N4C[C@H](O)C[C@H]4C(=O)NCc4ccc(-c5scnc5C)cc4)C(C)(C)C)cc3OC)nc2N1C1CCCC1. The Balaban J connectivity index is 0.872. The fraction of sp³-hybridized carbons (Fsp3) is 0.449. The highest BCUT2D eigenvalue weighted by molar-refractivity contribution is 7.13. The van der Waals surface area contributed by atoms with Crippen LogP contribution in [-0.2, 0) is 20.9 Å². The molecule has 2 fully saturated rings. The van der Waals surface area contributed by atoms with Crippen LogP contribution in [0.15, 0.2) is 60.5 Å². The van der Waals surface area contributed by atoms with Crippen LogP contribution in [0.3, 0.4) is 0 Å². The number of aliphatic hydroxyl groups is 1. The molecular weight excluding hydrogens is 885 g/mol. The van der Waals surface area contributed by atoms with E-state index >= 15 is 0 Å². The number of nitrogens with one attached hydrogen (secondary N) is 4. The minimum absolute atomic E-state index is 0.0238. The number of hydrogen-bond acceptors (Lipinski definition) is 14. The Morgan fingerprint density at radius 3 is 2.49 bits per heavy atom. The van der Waals surface area contributed by atoms with Gasteiger partial charge in [0, 0.05) is 44.1 Å². The Labute approximate surface area is 399 Å². The van der Waals surface area contributed by atoms with E-state index in [2.05, 4.69) is 54.1 Å². The number of carbonyl (C=O) groups excluding carboxylic acids is 4. The number of fused-ring (bicyclic) bond motifs is 3. The Hall–Kier alpha value is -6.91. The van der Waals surface area contributed by atoms with Crippen LogP contribution in [0.5, 0.6) is 5.75 Å². The molecule has 1 aliphatic carbocycles. The number of nitriles is 1. The van der Waals surface area contributed by atoms with Crippen LogP contribution < -0.4 is 30.9 Å². The van der Waals surface area contributed by atoms with Crippen LogP contribution >= 0.6 is 11.3 Å². The van der Waals surface area contributed by atoms with Gasteiger partial charge < -0.3 is 40.9 Å². The first-order valence-corrected chi connectivity index (χ1v) is 24.0. The smallest absolute Gasteiger partial charge is 0.251 e. The van der Waals surface area contributed by atoms with Gasteiger partial charge in [0.15, 0.2) is 11.5 Å². The summed E-state index contributed by atoms with van der Waals surface area (Å²) in [4.78, 5) is 77.6. The second-order valence-electron chi connectivity index (χ2n) is 18.6. The van der Waals surface area contributed by atoms with E-state index < -0.39 is 47.2 Å². The molecule has 3 aromatic heterocycles. The van der Waals surface area contributed by atoms with Crippen LogP contribution in [0.25, 0.3) is 16.1 Å². The van der Waals surface area contributed by atoms with Crippen LogP contribution in [0.4, 0.5) is 17.5 Å². The fourth-order valence-electron chi connectivity index (χ4n) is 9.48. The number of likely N-dealkylation sites (tertiary alicyclic amines) is 1. The molecule has 0 unspecified atom stereocenters. The standard InChI is InChI=1S/C49H58N12O6S/c1-7-36-41-35(22-50)54-26-60(41)38-24-53-48(58-44(38)61(36)32-10-8-9-11-32)56-34-17-16-31(20-39(34)67-6)45(64)51-19-18-40(63)57-43(49(3,4)5)47(66)59-25-33(62)21-37(59)46(65)52-23-29-12-14-30(15-13-29)42-28(2)55-27-68-42/h12-17,20,24,26-27,32-33,36-37,43,62H,7-11,18-19,21,23,25H2,1-6H3,(H,51,64)(H,52,65)(H,57,63)(H,53,56,58)/t33-,36-,37+,43-/m1/s1. The van der Waals surface area contributed by atoms with Gasteiger partial charge in [0.25, 0.3) is 5.91 Å². The van der Waals surface area contributed by atoms with E-state index in [-0.39, 0.29) is 44.6 Å². The number of anilines is 3. The lowest BCUT2D eigenvalue weighted by molar-refractivity contribution is -0.144. The van der Waals surface area contributed by atoms with Gasteiger partial charge in [0.05, 0.1) is 52.9 Å². The van der Waals surface area contributed by atoms with Crippen molar-refractivity contribution in [2.45, 2.75) is 116 Å². The molecule has 1 saturated heterocycles. The zero-order chi connectivity index (χ0) is 48.3. The van der Waals surface area contributed by atoms with Gasteiger partial charge in [-0.25, -0.2) is 15.0 Å². The summed E-state index contributed by atoms with van der Waals surface area (Å²) in [5, 5.41) is 32.3. The second kappa shape index (κ2) is 20.1. The maximum Gasteiger partial charge on any atom is 0.251 e. The normalized spacial score (nSPS) is 18.3. The lowest BCUT2D eigenvalue weighted by Gasteiger charge is -2.41. The van der Waals surface area contributed by atoms with E-state index in [1.165, 1.54) is 12.0 Å². The minimum atomic E-state index is -1.02. The third-order valence-electron chi connectivity index (χ3n) is 13.0. The average Bonchev–Trinajstić information content (AvgIpc) is 4.17. The first kappa shape index (κ1) is 47.6. The topological polar surface area (TPSA) is 233 Å². The molecule has 0 radical (unpaired) electrons. The zero-order valence-corrected chi connectivity index (χ0v) is 40.0. The van der Waals surface area contributed by atoms with Gasteiger partial charge in [-0.05, 0) is 60.9 Å². The Bertz CT molecular complexity index is 2720. The first-order valence-electron chi connectivity index (χ1n) is 23.1. The number of aryl methyl sites for hydroxylation is 1. The maximum absolute atomic E-state index is 14.1.